The number of sulfonamides is 1. The molecule has 8 heteroatoms. The first kappa shape index (κ1) is 25.6. The molecule has 1 aliphatic rings. The molecule has 1 atom stereocenters. The van der Waals surface area contributed by atoms with Crippen LogP contribution >= 0.6 is 0 Å². The van der Waals surface area contributed by atoms with Gasteiger partial charge >= 0.3 is 0 Å². The van der Waals surface area contributed by atoms with Gasteiger partial charge in [-0.3, -0.25) is 9.59 Å². The number of aryl methyl sites for hydroxylation is 1. The van der Waals surface area contributed by atoms with Crippen LogP contribution in [0, 0.1) is 6.92 Å². The van der Waals surface area contributed by atoms with E-state index in [1.165, 1.54) is 16.4 Å². The van der Waals surface area contributed by atoms with E-state index in [1.54, 1.807) is 19.1 Å². The number of rotatable bonds is 8. The standard InChI is InChI=1S/C28H31N3O4S/c1-3-27(32)30-23-12-14-24(15-13-23)36(34,35)31-17-16-21-9-6-7-11-25(21)26(31)18-28(33)29-19-22-10-5-4-8-20(22)2/h4-15,26H,3,16-19H2,1-2H3,(H,29,33)(H,30,32)/t26-/m0/s1. The summed E-state index contributed by atoms with van der Waals surface area (Å²) in [6.07, 6.45) is 0.926. The van der Waals surface area contributed by atoms with Crippen LogP contribution in [0.1, 0.15) is 48.1 Å². The van der Waals surface area contributed by atoms with E-state index in [0.29, 0.717) is 25.1 Å². The van der Waals surface area contributed by atoms with Gasteiger partial charge in [-0.25, -0.2) is 8.42 Å². The summed E-state index contributed by atoms with van der Waals surface area (Å²) in [6, 6.07) is 21.1. The van der Waals surface area contributed by atoms with Gasteiger partial charge in [0, 0.05) is 31.6 Å². The van der Waals surface area contributed by atoms with E-state index in [0.717, 1.165) is 22.3 Å². The van der Waals surface area contributed by atoms with Gasteiger partial charge in [0.15, 0.2) is 0 Å². The van der Waals surface area contributed by atoms with Crippen LogP contribution in [-0.4, -0.2) is 31.1 Å². The van der Waals surface area contributed by atoms with E-state index in [-0.39, 0.29) is 29.7 Å². The van der Waals surface area contributed by atoms with Crippen LogP contribution in [-0.2, 0) is 32.6 Å². The first-order valence-electron chi connectivity index (χ1n) is 12.1. The second-order valence-corrected chi connectivity index (χ2v) is 10.8. The van der Waals surface area contributed by atoms with Gasteiger partial charge < -0.3 is 10.6 Å². The fourth-order valence-corrected chi connectivity index (χ4v) is 6.08. The zero-order valence-electron chi connectivity index (χ0n) is 20.5. The number of nitrogens with one attached hydrogen (secondary N) is 2. The van der Waals surface area contributed by atoms with Crippen LogP contribution in [0.5, 0.6) is 0 Å². The summed E-state index contributed by atoms with van der Waals surface area (Å²) in [5.41, 5.74) is 4.55. The normalized spacial score (nSPS) is 15.7. The molecule has 2 amide bonds. The Morgan fingerprint density at radius 3 is 2.36 bits per heavy atom. The molecular weight excluding hydrogens is 474 g/mol. The Morgan fingerprint density at radius 2 is 1.64 bits per heavy atom. The van der Waals surface area contributed by atoms with E-state index >= 15 is 0 Å². The highest BCUT2D eigenvalue weighted by molar-refractivity contribution is 7.89. The highest BCUT2D eigenvalue weighted by Crippen LogP contribution is 2.36. The number of carbonyl (C=O) groups is 2. The van der Waals surface area contributed by atoms with Crippen molar-refractivity contribution in [2.45, 2.75) is 50.6 Å². The number of fused-ring (bicyclic) bond motifs is 1. The van der Waals surface area contributed by atoms with E-state index in [9.17, 15) is 18.0 Å². The van der Waals surface area contributed by atoms with Crippen molar-refractivity contribution in [2.24, 2.45) is 0 Å². The van der Waals surface area contributed by atoms with Crippen LogP contribution < -0.4 is 10.6 Å². The smallest absolute Gasteiger partial charge is 0.243 e. The summed E-state index contributed by atoms with van der Waals surface area (Å²) in [4.78, 5) is 24.8. The van der Waals surface area contributed by atoms with Crippen LogP contribution in [0.15, 0.2) is 77.7 Å². The minimum Gasteiger partial charge on any atom is -0.352 e. The summed E-state index contributed by atoms with van der Waals surface area (Å²) in [5.74, 6) is -0.354. The molecule has 3 aromatic carbocycles. The van der Waals surface area contributed by atoms with Gasteiger partial charge in [-0.2, -0.15) is 4.31 Å². The van der Waals surface area contributed by atoms with Crippen molar-refractivity contribution in [3.05, 3.63) is 95.1 Å². The fourth-order valence-electron chi connectivity index (χ4n) is 4.47. The molecule has 7 nitrogen and oxygen atoms in total. The molecule has 36 heavy (non-hydrogen) atoms. The van der Waals surface area contributed by atoms with Crippen molar-refractivity contribution in [2.75, 3.05) is 11.9 Å². The molecule has 188 valence electrons. The van der Waals surface area contributed by atoms with Gasteiger partial charge in [0.2, 0.25) is 21.8 Å². The lowest BCUT2D eigenvalue weighted by Crippen LogP contribution is -2.42. The average Bonchev–Trinajstić information content (AvgIpc) is 2.88. The molecule has 0 unspecified atom stereocenters. The number of anilines is 1. The average molecular weight is 506 g/mol. The lowest BCUT2D eigenvalue weighted by Gasteiger charge is -2.36. The predicted molar refractivity (Wildman–Crippen MR) is 140 cm³/mol. The van der Waals surface area contributed by atoms with Crippen LogP contribution in [0.3, 0.4) is 0 Å². The van der Waals surface area contributed by atoms with Crippen molar-refractivity contribution < 1.29 is 18.0 Å². The third kappa shape index (κ3) is 5.66. The Bertz CT molecular complexity index is 1350. The van der Waals surface area contributed by atoms with Crippen molar-refractivity contribution >= 4 is 27.5 Å². The maximum absolute atomic E-state index is 13.7. The molecule has 0 saturated carbocycles. The van der Waals surface area contributed by atoms with Crippen LogP contribution in [0.2, 0.25) is 0 Å². The minimum atomic E-state index is -3.88. The number of benzene rings is 3. The van der Waals surface area contributed by atoms with Gasteiger partial charge in [-0.1, -0.05) is 55.5 Å². The van der Waals surface area contributed by atoms with Crippen LogP contribution in [0.4, 0.5) is 5.69 Å². The Balaban J connectivity index is 1.57. The highest BCUT2D eigenvalue weighted by atomic mass is 32.2. The third-order valence-electron chi connectivity index (χ3n) is 6.55. The molecule has 0 spiro atoms. The number of nitrogens with zero attached hydrogens (tertiary/aromatic N) is 1. The molecule has 4 rings (SSSR count). The quantitative estimate of drug-likeness (QED) is 0.476. The van der Waals surface area contributed by atoms with Crippen LogP contribution in [0.25, 0.3) is 0 Å². The van der Waals surface area contributed by atoms with Gasteiger partial charge in [-0.15, -0.1) is 0 Å². The Kier molecular flexibility index (Phi) is 7.86. The molecule has 0 aromatic heterocycles. The molecule has 1 heterocycles. The SMILES string of the molecule is CCC(=O)Nc1ccc(S(=O)(=O)N2CCc3ccccc3[C@@H]2CC(=O)NCc2ccccc2C)cc1. The Labute approximate surface area is 212 Å². The van der Waals surface area contributed by atoms with Gasteiger partial charge in [-0.05, 0) is 59.9 Å². The fraction of sp³-hybridized carbons (Fsp3) is 0.286. The predicted octanol–water partition coefficient (Wildman–Crippen LogP) is 4.34. The summed E-state index contributed by atoms with van der Waals surface area (Å²) in [6.45, 7) is 4.41. The zero-order chi connectivity index (χ0) is 25.7. The monoisotopic (exact) mass is 505 g/mol. The lowest BCUT2D eigenvalue weighted by molar-refractivity contribution is -0.122. The zero-order valence-corrected chi connectivity index (χ0v) is 21.3. The molecule has 3 aromatic rings. The first-order valence-corrected chi connectivity index (χ1v) is 13.5. The van der Waals surface area contributed by atoms with Gasteiger partial charge in [0.1, 0.15) is 0 Å². The topological polar surface area (TPSA) is 95.6 Å². The van der Waals surface area contributed by atoms with Crippen molar-refractivity contribution in [3.8, 4) is 0 Å². The number of hydrogen-bond donors (Lipinski definition) is 2. The molecule has 0 radical (unpaired) electrons. The third-order valence-corrected chi connectivity index (χ3v) is 8.47. The molecule has 0 bridgehead atoms. The summed E-state index contributed by atoms with van der Waals surface area (Å²) < 4.78 is 28.9. The molecule has 0 fully saturated rings. The van der Waals surface area contributed by atoms with Gasteiger partial charge in [0.05, 0.1) is 10.9 Å². The second kappa shape index (κ2) is 11.1. The number of hydrogen-bond acceptors (Lipinski definition) is 4. The number of carbonyl (C=O) groups excluding carboxylic acids is 2. The largest absolute Gasteiger partial charge is 0.352 e. The maximum Gasteiger partial charge on any atom is 0.243 e. The summed E-state index contributed by atoms with van der Waals surface area (Å²) in [5, 5.41) is 5.69. The van der Waals surface area contributed by atoms with E-state index < -0.39 is 16.1 Å². The molecule has 0 aliphatic carbocycles. The number of amides is 2. The molecular formula is C28H31N3O4S. The van der Waals surface area contributed by atoms with Crippen molar-refractivity contribution in [1.29, 1.82) is 0 Å². The summed E-state index contributed by atoms with van der Waals surface area (Å²) in [7, 11) is -3.88. The van der Waals surface area contributed by atoms with E-state index in [1.807, 2.05) is 55.5 Å². The molecule has 1 aliphatic heterocycles. The van der Waals surface area contributed by atoms with Crippen molar-refractivity contribution in [1.82, 2.24) is 9.62 Å². The Hall–Kier alpha value is -3.49. The van der Waals surface area contributed by atoms with E-state index in [4.69, 9.17) is 0 Å². The minimum absolute atomic E-state index is 0.0206. The van der Waals surface area contributed by atoms with E-state index in [2.05, 4.69) is 10.6 Å². The molecule has 2 N–H and O–H groups in total. The van der Waals surface area contributed by atoms with Crippen molar-refractivity contribution in [3.63, 3.8) is 0 Å². The second-order valence-electron chi connectivity index (χ2n) is 8.91. The first-order chi connectivity index (χ1) is 17.3. The molecule has 0 saturated heterocycles. The van der Waals surface area contributed by atoms with Gasteiger partial charge in [0.25, 0.3) is 0 Å². The summed E-state index contributed by atoms with van der Waals surface area (Å²) >= 11 is 0. The maximum atomic E-state index is 13.7. The highest BCUT2D eigenvalue weighted by Gasteiger charge is 2.37. The lowest BCUT2D eigenvalue weighted by atomic mass is 9.92. The Morgan fingerprint density at radius 1 is 0.944 bits per heavy atom.